The van der Waals surface area contributed by atoms with Crippen LogP contribution in [0, 0.1) is 5.82 Å². The maximum absolute atomic E-state index is 13.4. The predicted octanol–water partition coefficient (Wildman–Crippen LogP) is 1.36. The zero-order chi connectivity index (χ0) is 23.1. The van der Waals surface area contributed by atoms with Gasteiger partial charge in [0.25, 0.3) is 11.5 Å². The van der Waals surface area contributed by atoms with Crippen molar-refractivity contribution in [3.05, 3.63) is 86.8 Å². The molecule has 0 bridgehead atoms. The topological polar surface area (TPSA) is 120 Å². The van der Waals surface area contributed by atoms with Crippen LogP contribution in [-0.2, 0) is 16.1 Å². The molecule has 0 aliphatic heterocycles. The summed E-state index contributed by atoms with van der Waals surface area (Å²) >= 11 is 0. The molecule has 3 rings (SSSR count). The molecule has 32 heavy (non-hydrogen) atoms. The zero-order valence-electron chi connectivity index (χ0n) is 17.4. The summed E-state index contributed by atoms with van der Waals surface area (Å²) in [5.74, 6) is -1.15. The van der Waals surface area contributed by atoms with Gasteiger partial charge in [0.1, 0.15) is 17.4 Å². The first-order valence-electron chi connectivity index (χ1n) is 9.75. The third-order valence-corrected chi connectivity index (χ3v) is 4.65. The molecule has 0 aliphatic carbocycles. The summed E-state index contributed by atoms with van der Waals surface area (Å²) in [5, 5.41) is 0. The van der Waals surface area contributed by atoms with E-state index in [1.54, 1.807) is 24.3 Å². The molecule has 0 saturated carbocycles. The van der Waals surface area contributed by atoms with E-state index in [4.69, 9.17) is 15.2 Å². The number of carbonyl (C=O) groups is 1. The number of nitrogens with one attached hydrogen (secondary N) is 1. The van der Waals surface area contributed by atoms with Crippen LogP contribution in [-0.4, -0.2) is 42.3 Å². The Morgan fingerprint density at radius 3 is 2.59 bits per heavy atom. The van der Waals surface area contributed by atoms with Crippen LogP contribution in [0.25, 0.3) is 0 Å². The second-order valence-electron chi connectivity index (χ2n) is 6.85. The maximum Gasteiger partial charge on any atom is 0.330 e. The summed E-state index contributed by atoms with van der Waals surface area (Å²) in [5.41, 5.74) is 5.27. The van der Waals surface area contributed by atoms with Gasteiger partial charge in [-0.3, -0.25) is 24.0 Å². The van der Waals surface area contributed by atoms with Gasteiger partial charge in [-0.15, -0.1) is 0 Å². The van der Waals surface area contributed by atoms with Gasteiger partial charge in [0.15, 0.2) is 12.3 Å². The van der Waals surface area contributed by atoms with E-state index in [0.29, 0.717) is 0 Å². The number of nitrogens with two attached hydrogens (primary N) is 1. The minimum Gasteiger partial charge on any atom is -0.484 e. The van der Waals surface area contributed by atoms with Gasteiger partial charge in [0.2, 0.25) is 0 Å². The quantitative estimate of drug-likeness (QED) is 0.517. The van der Waals surface area contributed by atoms with Crippen LogP contribution in [0.3, 0.4) is 0 Å². The lowest BCUT2D eigenvalue weighted by Gasteiger charge is -2.24. The summed E-state index contributed by atoms with van der Waals surface area (Å²) in [6, 6.07) is 14.4. The smallest absolute Gasteiger partial charge is 0.330 e. The molecule has 168 valence electrons. The fourth-order valence-corrected chi connectivity index (χ4v) is 3.08. The van der Waals surface area contributed by atoms with Crippen LogP contribution < -0.4 is 26.6 Å². The first kappa shape index (κ1) is 22.8. The van der Waals surface area contributed by atoms with Crippen molar-refractivity contribution in [2.75, 3.05) is 37.5 Å². The zero-order valence-corrected chi connectivity index (χ0v) is 17.4. The number of aromatic amines is 1. The van der Waals surface area contributed by atoms with Gasteiger partial charge in [0, 0.05) is 19.7 Å². The summed E-state index contributed by atoms with van der Waals surface area (Å²) in [4.78, 5) is 41.3. The summed E-state index contributed by atoms with van der Waals surface area (Å²) < 4.78 is 24.9. The standard InChI is InChI=1S/C22H23FN4O5/c1-31-11-10-26(18(28)14-32-17-9-5-8-16(23)12-17)19-20(24)27(22(30)25-21(19)29)13-15-6-3-2-4-7-15/h2-9,12H,10-11,13-14,24H2,1H3,(H,25,29,30). The van der Waals surface area contributed by atoms with Crippen molar-refractivity contribution in [3.8, 4) is 5.75 Å². The molecule has 0 unspecified atom stereocenters. The van der Waals surface area contributed by atoms with E-state index in [-0.39, 0.29) is 37.0 Å². The summed E-state index contributed by atoms with van der Waals surface area (Å²) in [6.07, 6.45) is 0. The molecule has 0 radical (unpaired) electrons. The number of carbonyl (C=O) groups excluding carboxylic acids is 1. The Kier molecular flexibility index (Phi) is 7.40. The van der Waals surface area contributed by atoms with Crippen LogP contribution in [0.2, 0.25) is 0 Å². The normalized spacial score (nSPS) is 10.7. The van der Waals surface area contributed by atoms with Crippen molar-refractivity contribution in [1.29, 1.82) is 0 Å². The number of halogens is 1. The van der Waals surface area contributed by atoms with Gasteiger partial charge >= 0.3 is 5.69 Å². The molecule has 0 spiro atoms. The van der Waals surface area contributed by atoms with E-state index < -0.39 is 29.6 Å². The van der Waals surface area contributed by atoms with E-state index in [1.165, 1.54) is 29.9 Å². The molecule has 0 fully saturated rings. The van der Waals surface area contributed by atoms with Crippen molar-refractivity contribution in [2.24, 2.45) is 0 Å². The fraction of sp³-hybridized carbons (Fsp3) is 0.227. The van der Waals surface area contributed by atoms with Gasteiger partial charge in [0.05, 0.1) is 13.2 Å². The number of anilines is 2. The number of rotatable bonds is 9. The summed E-state index contributed by atoms with van der Waals surface area (Å²) in [7, 11) is 1.44. The Morgan fingerprint density at radius 1 is 1.16 bits per heavy atom. The highest BCUT2D eigenvalue weighted by atomic mass is 19.1. The molecule has 1 amide bonds. The van der Waals surface area contributed by atoms with Crippen LogP contribution >= 0.6 is 0 Å². The lowest BCUT2D eigenvalue weighted by molar-refractivity contribution is -0.120. The molecule has 9 nitrogen and oxygen atoms in total. The largest absolute Gasteiger partial charge is 0.484 e. The van der Waals surface area contributed by atoms with E-state index in [2.05, 4.69) is 4.98 Å². The Hall–Kier alpha value is -3.92. The highest BCUT2D eigenvalue weighted by molar-refractivity contribution is 5.96. The first-order chi connectivity index (χ1) is 15.4. The van der Waals surface area contributed by atoms with Crippen molar-refractivity contribution >= 4 is 17.4 Å². The van der Waals surface area contributed by atoms with Gasteiger partial charge in [-0.1, -0.05) is 36.4 Å². The second-order valence-corrected chi connectivity index (χ2v) is 6.85. The molecule has 0 aliphatic rings. The molecule has 0 atom stereocenters. The number of hydrogen-bond acceptors (Lipinski definition) is 6. The Morgan fingerprint density at radius 2 is 1.91 bits per heavy atom. The van der Waals surface area contributed by atoms with Gasteiger partial charge in [-0.25, -0.2) is 9.18 Å². The van der Waals surface area contributed by atoms with Crippen molar-refractivity contribution in [3.63, 3.8) is 0 Å². The van der Waals surface area contributed by atoms with E-state index in [1.807, 2.05) is 6.07 Å². The number of hydrogen-bond donors (Lipinski definition) is 2. The van der Waals surface area contributed by atoms with Crippen LogP contribution in [0.15, 0.2) is 64.2 Å². The number of aromatic nitrogens is 2. The molecule has 3 N–H and O–H groups in total. The number of methoxy groups -OCH3 is 1. The van der Waals surface area contributed by atoms with Gasteiger partial charge in [-0.05, 0) is 17.7 Å². The Balaban J connectivity index is 1.93. The third kappa shape index (κ3) is 5.41. The molecule has 2 aromatic carbocycles. The van der Waals surface area contributed by atoms with Crippen molar-refractivity contribution < 1.29 is 18.7 Å². The SMILES string of the molecule is COCCN(C(=O)COc1cccc(F)c1)c1c(N)n(Cc2ccccc2)c(=O)[nH]c1=O. The van der Waals surface area contributed by atoms with Gasteiger partial charge in [-0.2, -0.15) is 0 Å². The minimum absolute atomic E-state index is 0.0152. The fourth-order valence-electron chi connectivity index (χ4n) is 3.08. The number of nitrogen functional groups attached to an aromatic ring is 1. The number of nitrogens with zero attached hydrogens (tertiary/aromatic N) is 2. The Labute approximate surface area is 182 Å². The highest BCUT2D eigenvalue weighted by Gasteiger charge is 2.24. The monoisotopic (exact) mass is 442 g/mol. The van der Waals surface area contributed by atoms with Crippen molar-refractivity contribution in [2.45, 2.75) is 6.54 Å². The lowest BCUT2D eigenvalue weighted by atomic mass is 10.2. The number of amides is 1. The van der Waals surface area contributed by atoms with Crippen LogP contribution in [0.1, 0.15) is 5.56 Å². The molecule has 3 aromatic rings. The van der Waals surface area contributed by atoms with Crippen molar-refractivity contribution in [1.82, 2.24) is 9.55 Å². The summed E-state index contributed by atoms with van der Waals surface area (Å²) in [6.45, 7) is -0.299. The van der Waals surface area contributed by atoms with Crippen LogP contribution in [0.4, 0.5) is 15.9 Å². The van der Waals surface area contributed by atoms with Gasteiger partial charge < -0.3 is 15.2 Å². The first-order valence-corrected chi connectivity index (χ1v) is 9.75. The third-order valence-electron chi connectivity index (χ3n) is 4.65. The number of ether oxygens (including phenoxy) is 2. The number of benzene rings is 2. The van der Waals surface area contributed by atoms with E-state index >= 15 is 0 Å². The van der Waals surface area contributed by atoms with Crippen LogP contribution in [0.5, 0.6) is 5.75 Å². The highest BCUT2D eigenvalue weighted by Crippen LogP contribution is 2.19. The molecule has 0 saturated heterocycles. The maximum atomic E-state index is 13.4. The second kappa shape index (κ2) is 10.4. The molecule has 1 aromatic heterocycles. The number of H-pyrrole nitrogens is 1. The van der Waals surface area contributed by atoms with E-state index in [0.717, 1.165) is 16.5 Å². The average molecular weight is 442 g/mol. The molecular formula is C22H23FN4O5. The Bertz CT molecular complexity index is 1190. The predicted molar refractivity (Wildman–Crippen MR) is 117 cm³/mol. The van der Waals surface area contributed by atoms with E-state index in [9.17, 15) is 18.8 Å². The molecular weight excluding hydrogens is 419 g/mol. The average Bonchev–Trinajstić information content (AvgIpc) is 2.78. The minimum atomic E-state index is -0.813. The molecule has 1 heterocycles. The lowest BCUT2D eigenvalue weighted by Crippen LogP contribution is -2.44. The molecule has 10 heteroatoms.